The fraction of sp³-hybridized carbons (Fsp3) is 0.300. The maximum absolute atomic E-state index is 11.3. The van der Waals surface area contributed by atoms with Crippen LogP contribution in [0.4, 0.5) is 0 Å². The molecule has 0 N–H and O–H groups in total. The van der Waals surface area contributed by atoms with Crippen molar-refractivity contribution >= 4 is 5.78 Å². The van der Waals surface area contributed by atoms with E-state index in [0.717, 1.165) is 11.4 Å². The van der Waals surface area contributed by atoms with Crippen LogP contribution in [-0.4, -0.2) is 10.4 Å². The standard InChI is InChI=1S/C10H11NO/c1-7-3-5-9-10(12)6-4-8(2)11(7)9/h3-6,8H,1-2H3/t8-/m1/s1. The number of hydrogen-bond donors (Lipinski definition) is 0. The van der Waals surface area contributed by atoms with E-state index in [9.17, 15) is 4.79 Å². The summed E-state index contributed by atoms with van der Waals surface area (Å²) in [5.41, 5.74) is 1.96. The summed E-state index contributed by atoms with van der Waals surface area (Å²) in [7, 11) is 0. The molecule has 2 heteroatoms. The van der Waals surface area contributed by atoms with Crippen molar-refractivity contribution in [2.75, 3.05) is 0 Å². The lowest BCUT2D eigenvalue weighted by Gasteiger charge is -2.18. The molecule has 2 heterocycles. The third-order valence-electron chi connectivity index (χ3n) is 2.31. The Kier molecular flexibility index (Phi) is 1.43. The predicted octanol–water partition coefficient (Wildman–Crippen LogP) is 2.11. The molecule has 0 radical (unpaired) electrons. The number of rotatable bonds is 0. The van der Waals surface area contributed by atoms with Gasteiger partial charge in [-0.05, 0) is 32.1 Å². The molecule has 0 aliphatic carbocycles. The van der Waals surface area contributed by atoms with Crippen molar-refractivity contribution in [1.29, 1.82) is 0 Å². The highest BCUT2D eigenvalue weighted by Gasteiger charge is 2.17. The van der Waals surface area contributed by atoms with Crippen LogP contribution >= 0.6 is 0 Å². The summed E-state index contributed by atoms with van der Waals surface area (Å²) in [6.45, 7) is 4.10. The van der Waals surface area contributed by atoms with E-state index in [1.807, 2.05) is 25.1 Å². The highest BCUT2D eigenvalue weighted by molar-refractivity contribution is 6.04. The van der Waals surface area contributed by atoms with Crippen molar-refractivity contribution in [2.45, 2.75) is 19.9 Å². The number of ketones is 1. The Bertz CT molecular complexity index is 360. The molecule has 0 bridgehead atoms. The Morgan fingerprint density at radius 2 is 2.17 bits per heavy atom. The van der Waals surface area contributed by atoms with Gasteiger partial charge in [-0.15, -0.1) is 0 Å². The monoisotopic (exact) mass is 161 g/mol. The second-order valence-corrected chi connectivity index (χ2v) is 3.19. The van der Waals surface area contributed by atoms with Crippen LogP contribution in [-0.2, 0) is 0 Å². The number of nitrogens with zero attached hydrogens (tertiary/aromatic N) is 1. The van der Waals surface area contributed by atoms with Gasteiger partial charge >= 0.3 is 0 Å². The quantitative estimate of drug-likeness (QED) is 0.571. The van der Waals surface area contributed by atoms with Crippen LogP contribution in [0.25, 0.3) is 0 Å². The molecule has 1 aliphatic rings. The molecule has 0 saturated carbocycles. The molecular formula is C10H11NO. The lowest BCUT2D eigenvalue weighted by Crippen LogP contribution is -2.16. The van der Waals surface area contributed by atoms with Gasteiger partial charge in [-0.3, -0.25) is 4.79 Å². The molecule has 1 aromatic heterocycles. The number of aryl methyl sites for hydroxylation is 1. The van der Waals surface area contributed by atoms with E-state index in [2.05, 4.69) is 11.5 Å². The lowest BCUT2D eigenvalue weighted by molar-refractivity contribution is 0.103. The minimum atomic E-state index is 0.112. The van der Waals surface area contributed by atoms with Crippen LogP contribution in [0.5, 0.6) is 0 Å². The first-order valence-corrected chi connectivity index (χ1v) is 4.10. The first kappa shape index (κ1) is 7.35. The van der Waals surface area contributed by atoms with Crippen LogP contribution in [0.1, 0.15) is 29.1 Å². The summed E-state index contributed by atoms with van der Waals surface area (Å²) in [5, 5.41) is 0. The zero-order chi connectivity index (χ0) is 8.72. The van der Waals surface area contributed by atoms with Gasteiger partial charge < -0.3 is 4.57 Å². The highest BCUT2D eigenvalue weighted by Crippen LogP contribution is 2.21. The van der Waals surface area contributed by atoms with Gasteiger partial charge in [0.15, 0.2) is 0 Å². The summed E-state index contributed by atoms with van der Waals surface area (Å²) in [6.07, 6.45) is 3.59. The minimum Gasteiger partial charge on any atom is -0.336 e. The fourth-order valence-corrected chi connectivity index (χ4v) is 1.69. The normalized spacial score (nSPS) is 21.2. The van der Waals surface area contributed by atoms with Crippen molar-refractivity contribution in [1.82, 2.24) is 4.57 Å². The van der Waals surface area contributed by atoms with E-state index < -0.39 is 0 Å². The van der Waals surface area contributed by atoms with Gasteiger partial charge in [0, 0.05) is 11.7 Å². The predicted molar refractivity (Wildman–Crippen MR) is 47.4 cm³/mol. The second-order valence-electron chi connectivity index (χ2n) is 3.19. The molecule has 0 aromatic carbocycles. The molecule has 1 aromatic rings. The lowest BCUT2D eigenvalue weighted by atomic mass is 10.1. The largest absolute Gasteiger partial charge is 0.336 e. The van der Waals surface area contributed by atoms with Gasteiger partial charge in [0.1, 0.15) is 0 Å². The molecule has 0 saturated heterocycles. The summed E-state index contributed by atoms with van der Waals surface area (Å²) in [4.78, 5) is 11.3. The number of hydrogen-bond acceptors (Lipinski definition) is 1. The summed E-state index contributed by atoms with van der Waals surface area (Å²) >= 11 is 0. The summed E-state index contributed by atoms with van der Waals surface area (Å²) < 4.78 is 2.06. The topological polar surface area (TPSA) is 22.0 Å². The van der Waals surface area contributed by atoms with Crippen LogP contribution in [0, 0.1) is 6.92 Å². The molecule has 0 fully saturated rings. The Balaban J connectivity index is 2.64. The van der Waals surface area contributed by atoms with Gasteiger partial charge in [0.25, 0.3) is 0 Å². The molecule has 2 rings (SSSR count). The number of fused-ring (bicyclic) bond motifs is 1. The van der Waals surface area contributed by atoms with E-state index in [4.69, 9.17) is 0 Å². The van der Waals surface area contributed by atoms with E-state index in [-0.39, 0.29) is 5.78 Å². The molecule has 0 spiro atoms. The molecule has 62 valence electrons. The van der Waals surface area contributed by atoms with Crippen LogP contribution in [0.3, 0.4) is 0 Å². The van der Waals surface area contributed by atoms with E-state index in [1.54, 1.807) is 6.08 Å². The SMILES string of the molecule is Cc1ccc2n1[C@H](C)C=CC2=O. The van der Waals surface area contributed by atoms with Crippen molar-refractivity contribution in [3.63, 3.8) is 0 Å². The number of aromatic nitrogens is 1. The van der Waals surface area contributed by atoms with Gasteiger partial charge in [0.2, 0.25) is 5.78 Å². The van der Waals surface area contributed by atoms with Crippen LogP contribution in [0.15, 0.2) is 24.3 Å². The van der Waals surface area contributed by atoms with Crippen molar-refractivity contribution in [3.05, 3.63) is 35.7 Å². The highest BCUT2D eigenvalue weighted by atomic mass is 16.1. The van der Waals surface area contributed by atoms with E-state index in [0.29, 0.717) is 6.04 Å². The molecule has 1 atom stereocenters. The molecule has 2 nitrogen and oxygen atoms in total. The number of carbonyl (C=O) groups excluding carboxylic acids is 1. The first-order chi connectivity index (χ1) is 5.70. The Hall–Kier alpha value is -1.31. The smallest absolute Gasteiger partial charge is 0.201 e. The van der Waals surface area contributed by atoms with Crippen molar-refractivity contribution in [2.24, 2.45) is 0 Å². The third kappa shape index (κ3) is 0.843. The van der Waals surface area contributed by atoms with Crippen molar-refractivity contribution in [3.8, 4) is 0 Å². The van der Waals surface area contributed by atoms with E-state index in [1.165, 1.54) is 0 Å². The first-order valence-electron chi connectivity index (χ1n) is 4.10. The summed E-state index contributed by atoms with van der Waals surface area (Å²) in [5.74, 6) is 0.112. The molecule has 0 unspecified atom stereocenters. The Morgan fingerprint density at radius 1 is 1.42 bits per heavy atom. The second kappa shape index (κ2) is 2.34. The average molecular weight is 161 g/mol. The van der Waals surface area contributed by atoms with Gasteiger partial charge in [-0.2, -0.15) is 0 Å². The maximum Gasteiger partial charge on any atom is 0.201 e. The average Bonchev–Trinajstić information content (AvgIpc) is 2.42. The fourth-order valence-electron chi connectivity index (χ4n) is 1.69. The Morgan fingerprint density at radius 3 is 2.83 bits per heavy atom. The minimum absolute atomic E-state index is 0.112. The number of carbonyl (C=O) groups is 1. The molecular weight excluding hydrogens is 150 g/mol. The zero-order valence-corrected chi connectivity index (χ0v) is 7.24. The zero-order valence-electron chi connectivity index (χ0n) is 7.24. The van der Waals surface area contributed by atoms with Crippen LogP contribution < -0.4 is 0 Å². The third-order valence-corrected chi connectivity index (χ3v) is 2.31. The summed E-state index contributed by atoms with van der Waals surface area (Å²) in [6, 6.07) is 4.18. The molecule has 12 heavy (non-hydrogen) atoms. The Labute approximate surface area is 71.5 Å². The van der Waals surface area contributed by atoms with Crippen molar-refractivity contribution < 1.29 is 4.79 Å². The van der Waals surface area contributed by atoms with E-state index >= 15 is 0 Å². The maximum atomic E-state index is 11.3. The number of allylic oxidation sites excluding steroid dienone is 2. The molecule has 1 aliphatic heterocycles. The van der Waals surface area contributed by atoms with Gasteiger partial charge in [-0.25, -0.2) is 0 Å². The van der Waals surface area contributed by atoms with Crippen LogP contribution in [0.2, 0.25) is 0 Å². The van der Waals surface area contributed by atoms with Gasteiger partial charge in [-0.1, -0.05) is 6.08 Å². The molecule has 0 amide bonds. The van der Waals surface area contributed by atoms with Gasteiger partial charge in [0.05, 0.1) is 5.69 Å².